The normalized spacial score (nSPS) is 12.6. The predicted molar refractivity (Wildman–Crippen MR) is 92.9 cm³/mol. The van der Waals surface area contributed by atoms with E-state index in [9.17, 15) is 9.59 Å². The number of hydrogen-bond acceptors (Lipinski definition) is 5. The lowest BCUT2D eigenvalue weighted by molar-refractivity contribution is 0.0970. The summed E-state index contributed by atoms with van der Waals surface area (Å²) in [6, 6.07) is 7.89. The van der Waals surface area contributed by atoms with E-state index in [1.807, 2.05) is 0 Å². The number of benzene rings is 2. The molecule has 2 aromatic carbocycles. The Balaban J connectivity index is 1.70. The van der Waals surface area contributed by atoms with Crippen molar-refractivity contribution in [2.75, 3.05) is 6.79 Å². The van der Waals surface area contributed by atoms with E-state index in [2.05, 4.69) is 4.98 Å². The first-order valence-corrected chi connectivity index (χ1v) is 8.05. The van der Waals surface area contributed by atoms with Gasteiger partial charge in [0.05, 0.1) is 28.8 Å². The fourth-order valence-corrected chi connectivity index (χ4v) is 3.17. The van der Waals surface area contributed by atoms with Gasteiger partial charge in [-0.3, -0.25) is 14.2 Å². The van der Waals surface area contributed by atoms with Gasteiger partial charge in [-0.1, -0.05) is 23.2 Å². The molecule has 3 aromatic rings. The van der Waals surface area contributed by atoms with Crippen molar-refractivity contribution in [3.8, 4) is 11.5 Å². The molecule has 6 nitrogen and oxygen atoms in total. The molecule has 0 spiro atoms. The molecule has 8 heteroatoms. The molecule has 0 fully saturated rings. The minimum absolute atomic E-state index is 0.128. The van der Waals surface area contributed by atoms with E-state index in [1.54, 1.807) is 18.2 Å². The maximum atomic E-state index is 12.6. The van der Waals surface area contributed by atoms with Crippen molar-refractivity contribution >= 4 is 39.9 Å². The first-order valence-electron chi connectivity index (χ1n) is 7.30. The number of fused-ring (bicyclic) bond motifs is 2. The summed E-state index contributed by atoms with van der Waals surface area (Å²) < 4.78 is 11.7. The number of ether oxygens (including phenoxy) is 2. The number of carbonyl (C=O) groups is 1. The number of rotatable bonds is 3. The summed E-state index contributed by atoms with van der Waals surface area (Å²) in [5.74, 6) is 0.841. The summed E-state index contributed by atoms with van der Waals surface area (Å²) in [4.78, 5) is 29.3. The Morgan fingerprint density at radius 1 is 1.16 bits per heavy atom. The molecule has 25 heavy (non-hydrogen) atoms. The Morgan fingerprint density at radius 3 is 2.80 bits per heavy atom. The Morgan fingerprint density at radius 2 is 1.96 bits per heavy atom. The standard InChI is InChI=1S/C17H10Cl2N2O4/c18-10-4-11-16(12(19)5-10)20-7-21(17(11)23)6-13(22)9-1-2-14-15(3-9)25-8-24-14/h1-5,7H,6,8H2. The lowest BCUT2D eigenvalue weighted by Gasteiger charge is -2.08. The van der Waals surface area contributed by atoms with Gasteiger partial charge in [-0.2, -0.15) is 0 Å². The molecule has 0 radical (unpaired) electrons. The molecule has 126 valence electrons. The number of nitrogens with zero attached hydrogens (tertiary/aromatic N) is 2. The number of ketones is 1. The monoisotopic (exact) mass is 376 g/mol. The molecular weight excluding hydrogens is 367 g/mol. The highest BCUT2D eigenvalue weighted by Gasteiger charge is 2.17. The van der Waals surface area contributed by atoms with Crippen molar-refractivity contribution in [1.82, 2.24) is 9.55 Å². The van der Waals surface area contributed by atoms with Gasteiger partial charge >= 0.3 is 0 Å². The first-order chi connectivity index (χ1) is 12.0. The van der Waals surface area contributed by atoms with Crippen LogP contribution >= 0.6 is 23.2 Å². The fourth-order valence-electron chi connectivity index (χ4n) is 2.62. The molecule has 1 aliphatic heterocycles. The van der Waals surface area contributed by atoms with Crippen LogP contribution in [0.2, 0.25) is 10.0 Å². The molecule has 0 unspecified atom stereocenters. The van der Waals surface area contributed by atoms with Gasteiger partial charge in [0.2, 0.25) is 6.79 Å². The van der Waals surface area contributed by atoms with Gasteiger partial charge in [0.1, 0.15) is 0 Å². The Hall–Kier alpha value is -2.57. The number of hydrogen-bond donors (Lipinski definition) is 0. The third kappa shape index (κ3) is 2.83. The lowest BCUT2D eigenvalue weighted by Crippen LogP contribution is -2.24. The van der Waals surface area contributed by atoms with Crippen LogP contribution in [-0.4, -0.2) is 22.1 Å². The summed E-state index contributed by atoms with van der Waals surface area (Å²) in [5, 5.41) is 0.878. The van der Waals surface area contributed by atoms with E-state index >= 15 is 0 Å². The molecule has 2 heterocycles. The number of aromatic nitrogens is 2. The van der Waals surface area contributed by atoms with Crippen LogP contribution in [0.1, 0.15) is 10.4 Å². The van der Waals surface area contributed by atoms with Crippen LogP contribution in [0.25, 0.3) is 10.9 Å². The van der Waals surface area contributed by atoms with E-state index in [4.69, 9.17) is 32.7 Å². The molecule has 0 saturated heterocycles. The van der Waals surface area contributed by atoms with Crippen LogP contribution in [0.15, 0.2) is 41.5 Å². The molecule has 1 aromatic heterocycles. The Labute approximate surface area is 151 Å². The van der Waals surface area contributed by atoms with Gasteiger partial charge < -0.3 is 9.47 Å². The average molecular weight is 377 g/mol. The molecule has 0 N–H and O–H groups in total. The summed E-state index contributed by atoms with van der Waals surface area (Å²) >= 11 is 12.0. The fraction of sp³-hybridized carbons (Fsp3) is 0.118. The maximum absolute atomic E-state index is 12.6. The van der Waals surface area contributed by atoms with Crippen LogP contribution in [0.5, 0.6) is 11.5 Å². The van der Waals surface area contributed by atoms with Gasteiger partial charge in [-0.05, 0) is 30.3 Å². The van der Waals surface area contributed by atoms with Crippen molar-refractivity contribution in [2.45, 2.75) is 6.54 Å². The summed E-state index contributed by atoms with van der Waals surface area (Å²) in [6.45, 7) is -0.0336. The minimum atomic E-state index is -0.386. The number of halogens is 2. The van der Waals surface area contributed by atoms with E-state index in [0.29, 0.717) is 27.6 Å². The smallest absolute Gasteiger partial charge is 0.261 e. The zero-order valence-electron chi connectivity index (χ0n) is 12.7. The van der Waals surface area contributed by atoms with Crippen molar-refractivity contribution < 1.29 is 14.3 Å². The van der Waals surface area contributed by atoms with Crippen molar-refractivity contribution in [3.05, 3.63) is 62.6 Å². The maximum Gasteiger partial charge on any atom is 0.261 e. The van der Waals surface area contributed by atoms with Crippen LogP contribution < -0.4 is 15.0 Å². The molecule has 0 amide bonds. The molecule has 4 rings (SSSR count). The molecule has 0 atom stereocenters. The topological polar surface area (TPSA) is 70.4 Å². The van der Waals surface area contributed by atoms with Crippen LogP contribution in [0.3, 0.4) is 0 Å². The summed E-state index contributed by atoms with van der Waals surface area (Å²) in [6.07, 6.45) is 1.30. The van der Waals surface area contributed by atoms with E-state index < -0.39 is 0 Å². The SMILES string of the molecule is O=C(Cn1cnc2c(Cl)cc(Cl)cc2c1=O)c1ccc2c(c1)OCO2. The van der Waals surface area contributed by atoms with Crippen LogP contribution in [-0.2, 0) is 6.54 Å². The second-order valence-electron chi connectivity index (χ2n) is 5.45. The van der Waals surface area contributed by atoms with Crippen molar-refractivity contribution in [3.63, 3.8) is 0 Å². The molecule has 0 saturated carbocycles. The largest absolute Gasteiger partial charge is 0.454 e. The van der Waals surface area contributed by atoms with Gasteiger partial charge in [-0.25, -0.2) is 4.98 Å². The van der Waals surface area contributed by atoms with Crippen molar-refractivity contribution in [1.29, 1.82) is 0 Å². The van der Waals surface area contributed by atoms with Crippen molar-refractivity contribution in [2.24, 2.45) is 0 Å². The number of Topliss-reactive ketones (excluding diaryl/α,β-unsaturated/α-hetero) is 1. The summed E-state index contributed by atoms with van der Waals surface area (Å²) in [7, 11) is 0. The van der Waals surface area contributed by atoms with Gasteiger partial charge in [0, 0.05) is 10.6 Å². The average Bonchev–Trinajstić information content (AvgIpc) is 3.05. The Bertz CT molecular complexity index is 1080. The zero-order chi connectivity index (χ0) is 17.6. The third-order valence-electron chi connectivity index (χ3n) is 3.85. The molecule has 0 aliphatic carbocycles. The minimum Gasteiger partial charge on any atom is -0.454 e. The van der Waals surface area contributed by atoms with Gasteiger partial charge in [0.25, 0.3) is 5.56 Å². The predicted octanol–water partition coefficient (Wildman–Crippen LogP) is 3.31. The van der Waals surface area contributed by atoms with E-state index in [-0.39, 0.29) is 35.1 Å². The second kappa shape index (κ2) is 6.06. The highest BCUT2D eigenvalue weighted by Crippen LogP contribution is 2.32. The quantitative estimate of drug-likeness (QED) is 0.655. The van der Waals surface area contributed by atoms with Crippen LogP contribution in [0, 0.1) is 0 Å². The third-order valence-corrected chi connectivity index (χ3v) is 4.36. The Kier molecular flexibility index (Phi) is 3.86. The highest BCUT2D eigenvalue weighted by atomic mass is 35.5. The summed E-state index contributed by atoms with van der Waals surface area (Å²) in [5.41, 5.74) is 0.381. The first kappa shape index (κ1) is 15.9. The van der Waals surface area contributed by atoms with E-state index in [1.165, 1.54) is 23.0 Å². The number of carbonyl (C=O) groups excluding carboxylic acids is 1. The van der Waals surface area contributed by atoms with Crippen LogP contribution in [0.4, 0.5) is 0 Å². The molecule has 1 aliphatic rings. The molecule has 0 bridgehead atoms. The highest BCUT2D eigenvalue weighted by molar-refractivity contribution is 6.38. The second-order valence-corrected chi connectivity index (χ2v) is 6.30. The van der Waals surface area contributed by atoms with Gasteiger partial charge in [0.15, 0.2) is 17.3 Å². The van der Waals surface area contributed by atoms with Gasteiger partial charge in [-0.15, -0.1) is 0 Å². The molecular formula is C17H10Cl2N2O4. The lowest BCUT2D eigenvalue weighted by atomic mass is 10.1. The zero-order valence-corrected chi connectivity index (χ0v) is 14.2. The van der Waals surface area contributed by atoms with E-state index in [0.717, 1.165) is 0 Å².